The van der Waals surface area contributed by atoms with Gasteiger partial charge in [0.2, 0.25) is 0 Å². The summed E-state index contributed by atoms with van der Waals surface area (Å²) < 4.78 is 0. The Morgan fingerprint density at radius 2 is 2.20 bits per heavy atom. The van der Waals surface area contributed by atoms with Gasteiger partial charge in [0, 0.05) is 16.1 Å². The summed E-state index contributed by atoms with van der Waals surface area (Å²) in [5.41, 5.74) is 3.70. The third-order valence-electron chi connectivity index (χ3n) is 2.20. The van der Waals surface area contributed by atoms with Gasteiger partial charge >= 0.3 is 0 Å². The Morgan fingerprint density at radius 1 is 1.47 bits per heavy atom. The molecule has 0 spiro atoms. The molecular formula is C11H14Cl2N2. The lowest BCUT2D eigenvalue weighted by Gasteiger charge is -2.16. The van der Waals surface area contributed by atoms with Crippen molar-refractivity contribution in [2.45, 2.75) is 18.9 Å². The molecule has 1 rings (SSSR count). The van der Waals surface area contributed by atoms with E-state index in [9.17, 15) is 0 Å². The predicted molar refractivity (Wildman–Crippen MR) is 66.0 cm³/mol. The predicted octanol–water partition coefficient (Wildman–Crippen LogP) is 3.46. The maximum absolute atomic E-state index is 6.08. The fraction of sp³-hybridized carbons (Fsp3) is 0.273. The van der Waals surface area contributed by atoms with Gasteiger partial charge in [-0.2, -0.15) is 0 Å². The molecule has 15 heavy (non-hydrogen) atoms. The first kappa shape index (κ1) is 12.5. The summed E-state index contributed by atoms with van der Waals surface area (Å²) in [5.74, 6) is 5.48. The van der Waals surface area contributed by atoms with E-state index in [1.54, 1.807) is 12.1 Å². The Kier molecular flexibility index (Phi) is 5.12. The van der Waals surface area contributed by atoms with Gasteiger partial charge < -0.3 is 0 Å². The van der Waals surface area contributed by atoms with E-state index in [1.165, 1.54) is 0 Å². The number of nitrogens with two attached hydrogens (primary N) is 1. The second-order valence-corrected chi connectivity index (χ2v) is 4.09. The largest absolute Gasteiger partial charge is 0.271 e. The Bertz CT molecular complexity index is 339. The van der Waals surface area contributed by atoms with Crippen molar-refractivity contribution in [1.82, 2.24) is 5.43 Å². The van der Waals surface area contributed by atoms with E-state index < -0.39 is 0 Å². The average Bonchev–Trinajstić information content (AvgIpc) is 2.21. The van der Waals surface area contributed by atoms with E-state index >= 15 is 0 Å². The van der Waals surface area contributed by atoms with Crippen LogP contribution in [0.25, 0.3) is 0 Å². The third-order valence-corrected chi connectivity index (χ3v) is 2.76. The Labute approximate surface area is 100 Å². The van der Waals surface area contributed by atoms with Crippen LogP contribution in [0.2, 0.25) is 10.0 Å². The number of allylic oxidation sites excluding steroid dienone is 1. The fourth-order valence-electron chi connectivity index (χ4n) is 1.40. The maximum atomic E-state index is 6.08. The summed E-state index contributed by atoms with van der Waals surface area (Å²) >= 11 is 11.9. The number of rotatable bonds is 5. The maximum Gasteiger partial charge on any atom is 0.0477 e. The molecule has 4 heteroatoms. The monoisotopic (exact) mass is 244 g/mol. The quantitative estimate of drug-likeness (QED) is 0.473. The highest BCUT2D eigenvalue weighted by Crippen LogP contribution is 2.28. The minimum Gasteiger partial charge on any atom is -0.271 e. The van der Waals surface area contributed by atoms with Crippen molar-refractivity contribution >= 4 is 23.2 Å². The minimum absolute atomic E-state index is 0.0350. The molecule has 1 atom stereocenters. The fourth-order valence-corrected chi connectivity index (χ4v) is 1.94. The molecule has 0 saturated heterocycles. The lowest BCUT2D eigenvalue weighted by atomic mass is 10.0. The second-order valence-electron chi connectivity index (χ2n) is 3.25. The molecule has 1 aromatic rings. The number of hydrogen-bond donors (Lipinski definition) is 2. The van der Waals surface area contributed by atoms with Gasteiger partial charge in [-0.15, -0.1) is 6.58 Å². The molecule has 0 aliphatic heterocycles. The Hall–Kier alpha value is -0.540. The molecule has 0 amide bonds. The summed E-state index contributed by atoms with van der Waals surface area (Å²) in [6, 6.07) is 5.45. The highest BCUT2D eigenvalue weighted by molar-refractivity contribution is 6.35. The molecule has 0 heterocycles. The highest BCUT2D eigenvalue weighted by Gasteiger charge is 2.12. The molecule has 2 nitrogen and oxygen atoms in total. The second kappa shape index (κ2) is 6.13. The molecule has 0 aromatic heterocycles. The lowest BCUT2D eigenvalue weighted by molar-refractivity contribution is 0.521. The first-order valence-corrected chi connectivity index (χ1v) is 5.46. The lowest BCUT2D eigenvalue weighted by Crippen LogP contribution is -2.28. The zero-order chi connectivity index (χ0) is 11.3. The molecule has 0 fully saturated rings. The molecule has 0 saturated carbocycles. The smallest absolute Gasteiger partial charge is 0.0477 e. The molecule has 0 aliphatic rings. The van der Waals surface area contributed by atoms with Crippen LogP contribution in [0, 0.1) is 0 Å². The first-order chi connectivity index (χ1) is 7.19. The van der Waals surface area contributed by atoms with Gasteiger partial charge in [0.15, 0.2) is 0 Å². The molecule has 1 unspecified atom stereocenters. The summed E-state index contributed by atoms with van der Waals surface area (Å²) in [5, 5.41) is 1.26. The average molecular weight is 245 g/mol. The summed E-state index contributed by atoms with van der Waals surface area (Å²) in [4.78, 5) is 0. The van der Waals surface area contributed by atoms with Gasteiger partial charge in [-0.3, -0.25) is 11.3 Å². The number of halogens is 2. The van der Waals surface area contributed by atoms with E-state index in [0.29, 0.717) is 10.0 Å². The van der Waals surface area contributed by atoms with Gasteiger partial charge in [-0.1, -0.05) is 35.3 Å². The van der Waals surface area contributed by atoms with E-state index in [-0.39, 0.29) is 6.04 Å². The van der Waals surface area contributed by atoms with Crippen molar-refractivity contribution in [2.75, 3.05) is 0 Å². The van der Waals surface area contributed by atoms with Gasteiger partial charge in [-0.05, 0) is 30.5 Å². The van der Waals surface area contributed by atoms with Crippen LogP contribution in [0.5, 0.6) is 0 Å². The molecule has 3 N–H and O–H groups in total. The van der Waals surface area contributed by atoms with Crippen molar-refractivity contribution in [3.05, 3.63) is 46.5 Å². The molecule has 0 bridgehead atoms. The van der Waals surface area contributed by atoms with Crippen LogP contribution in [-0.2, 0) is 0 Å². The Morgan fingerprint density at radius 3 is 2.73 bits per heavy atom. The number of benzene rings is 1. The summed E-state index contributed by atoms with van der Waals surface area (Å²) in [6.45, 7) is 3.67. The number of hydrogen-bond acceptors (Lipinski definition) is 2. The van der Waals surface area contributed by atoms with Crippen molar-refractivity contribution in [3.63, 3.8) is 0 Å². The number of nitrogens with one attached hydrogen (secondary N) is 1. The Balaban J connectivity index is 2.86. The van der Waals surface area contributed by atoms with Crippen LogP contribution in [0.15, 0.2) is 30.9 Å². The van der Waals surface area contributed by atoms with E-state index in [0.717, 1.165) is 18.4 Å². The normalized spacial score (nSPS) is 12.5. The summed E-state index contributed by atoms with van der Waals surface area (Å²) in [6.07, 6.45) is 3.60. The van der Waals surface area contributed by atoms with Crippen molar-refractivity contribution in [2.24, 2.45) is 5.84 Å². The van der Waals surface area contributed by atoms with E-state index in [2.05, 4.69) is 12.0 Å². The minimum atomic E-state index is 0.0350. The third kappa shape index (κ3) is 3.50. The molecule has 0 radical (unpaired) electrons. The van der Waals surface area contributed by atoms with Crippen LogP contribution in [0.3, 0.4) is 0 Å². The molecule has 1 aromatic carbocycles. The molecular weight excluding hydrogens is 231 g/mol. The van der Waals surface area contributed by atoms with Crippen LogP contribution in [0.4, 0.5) is 0 Å². The van der Waals surface area contributed by atoms with E-state index in [4.69, 9.17) is 29.0 Å². The van der Waals surface area contributed by atoms with Crippen LogP contribution in [0.1, 0.15) is 24.4 Å². The van der Waals surface area contributed by atoms with Crippen molar-refractivity contribution in [1.29, 1.82) is 0 Å². The van der Waals surface area contributed by atoms with Crippen LogP contribution in [-0.4, -0.2) is 0 Å². The molecule has 82 valence electrons. The summed E-state index contributed by atoms with van der Waals surface area (Å²) in [7, 11) is 0. The van der Waals surface area contributed by atoms with Gasteiger partial charge in [0.1, 0.15) is 0 Å². The zero-order valence-corrected chi connectivity index (χ0v) is 9.85. The van der Waals surface area contributed by atoms with Gasteiger partial charge in [0.05, 0.1) is 0 Å². The highest BCUT2D eigenvalue weighted by atomic mass is 35.5. The van der Waals surface area contributed by atoms with Gasteiger partial charge in [0.25, 0.3) is 0 Å². The van der Waals surface area contributed by atoms with Crippen molar-refractivity contribution in [3.8, 4) is 0 Å². The zero-order valence-electron chi connectivity index (χ0n) is 8.34. The van der Waals surface area contributed by atoms with Crippen LogP contribution < -0.4 is 11.3 Å². The SMILES string of the molecule is C=CCCC(NN)c1ccc(Cl)cc1Cl. The number of hydrazine groups is 1. The first-order valence-electron chi connectivity index (χ1n) is 4.71. The van der Waals surface area contributed by atoms with E-state index in [1.807, 2.05) is 12.1 Å². The topological polar surface area (TPSA) is 38.0 Å². The standard InChI is InChI=1S/C11H14Cl2N2/c1-2-3-4-11(15-14)9-6-5-8(12)7-10(9)13/h2,5-7,11,15H,1,3-4,14H2. The van der Waals surface area contributed by atoms with Crippen molar-refractivity contribution < 1.29 is 0 Å². The van der Waals surface area contributed by atoms with Gasteiger partial charge in [-0.25, -0.2) is 0 Å². The van der Waals surface area contributed by atoms with Crippen LogP contribution >= 0.6 is 23.2 Å². The molecule has 0 aliphatic carbocycles.